The fourth-order valence-electron chi connectivity index (χ4n) is 8.60. The molecule has 0 unspecified atom stereocenters. The Bertz CT molecular complexity index is 2500. The molecule has 0 saturated carbocycles. The average Bonchev–Trinajstić information content (AvgIpc) is 3.57. The molecule has 0 amide bonds. The van der Waals surface area contributed by atoms with Gasteiger partial charge in [-0.05, 0) is 161 Å². The number of fused-ring (bicyclic) bond motifs is 9. The maximum Gasteiger partial charge on any atom is -0.000708 e. The fraction of sp³-hybridized carbons (Fsp3) is 0.0833. The van der Waals surface area contributed by atoms with Gasteiger partial charge in [0.2, 0.25) is 0 Å². The molecule has 2 aliphatic carbocycles. The van der Waals surface area contributed by atoms with Crippen molar-refractivity contribution in [2.75, 3.05) is 0 Å². The SMILES string of the molecule is Cc1cc2c(cc1C)C(c1c3ccccc3cc3ccccc13)=C1C2=C(c2c3ccccc3cc3ccccc23)c2cc(C)c(C)cc21. The van der Waals surface area contributed by atoms with Gasteiger partial charge in [-0.3, -0.25) is 0 Å². The molecule has 0 atom stereocenters. The number of allylic oxidation sites excluding steroid dienone is 2. The van der Waals surface area contributed by atoms with E-state index in [-0.39, 0.29) is 0 Å². The summed E-state index contributed by atoms with van der Waals surface area (Å²) in [5.74, 6) is 0. The fourth-order valence-corrected chi connectivity index (χ4v) is 8.60. The third-order valence-corrected chi connectivity index (χ3v) is 11.1. The Balaban J connectivity index is 1.48. The van der Waals surface area contributed by atoms with E-state index in [0.29, 0.717) is 0 Å². The molecule has 0 heteroatoms. The van der Waals surface area contributed by atoms with Gasteiger partial charge in [-0.1, -0.05) is 121 Å². The summed E-state index contributed by atoms with van der Waals surface area (Å²) >= 11 is 0. The summed E-state index contributed by atoms with van der Waals surface area (Å²) in [6.45, 7) is 9.07. The van der Waals surface area contributed by atoms with Crippen molar-refractivity contribution in [2.24, 2.45) is 0 Å². The Morgan fingerprint density at radius 2 is 0.521 bits per heavy atom. The third kappa shape index (κ3) is 3.66. The monoisotopic (exact) mass is 610 g/mol. The van der Waals surface area contributed by atoms with E-state index in [1.807, 2.05) is 0 Å². The summed E-state index contributed by atoms with van der Waals surface area (Å²) in [6.07, 6.45) is 0. The van der Waals surface area contributed by atoms with E-state index >= 15 is 0 Å². The van der Waals surface area contributed by atoms with Crippen LogP contribution in [0.5, 0.6) is 0 Å². The van der Waals surface area contributed by atoms with Crippen LogP contribution in [0.25, 0.3) is 65.4 Å². The molecule has 0 heterocycles. The van der Waals surface area contributed by atoms with E-state index in [4.69, 9.17) is 0 Å². The summed E-state index contributed by atoms with van der Waals surface area (Å²) in [4.78, 5) is 0. The molecule has 0 aliphatic heterocycles. The molecule has 2 aliphatic rings. The van der Waals surface area contributed by atoms with E-state index in [1.165, 1.54) is 121 Å². The molecule has 0 spiro atoms. The van der Waals surface area contributed by atoms with Crippen LogP contribution in [0.2, 0.25) is 0 Å². The Labute approximate surface area is 281 Å². The summed E-state index contributed by atoms with van der Waals surface area (Å²) < 4.78 is 0. The van der Waals surface area contributed by atoms with Gasteiger partial charge >= 0.3 is 0 Å². The molecule has 0 aromatic heterocycles. The molecule has 0 radical (unpaired) electrons. The summed E-state index contributed by atoms with van der Waals surface area (Å²) in [5, 5.41) is 10.3. The van der Waals surface area contributed by atoms with Crippen LogP contribution in [0, 0.1) is 27.7 Å². The maximum absolute atomic E-state index is 2.47. The van der Waals surface area contributed by atoms with E-state index in [0.717, 1.165) is 0 Å². The van der Waals surface area contributed by atoms with Crippen LogP contribution in [0.1, 0.15) is 55.6 Å². The summed E-state index contributed by atoms with van der Waals surface area (Å²) in [7, 11) is 0. The molecular formula is C48H34. The van der Waals surface area contributed by atoms with Crippen molar-refractivity contribution in [3.05, 3.63) is 189 Å². The summed E-state index contributed by atoms with van der Waals surface area (Å²) in [5.41, 5.74) is 18.8. The zero-order valence-electron chi connectivity index (χ0n) is 27.7. The molecule has 8 aromatic carbocycles. The Morgan fingerprint density at radius 1 is 0.271 bits per heavy atom. The average molecular weight is 611 g/mol. The highest BCUT2D eigenvalue weighted by molar-refractivity contribution is 6.39. The number of benzene rings is 8. The van der Waals surface area contributed by atoms with E-state index in [1.54, 1.807) is 0 Å². The Kier molecular flexibility index (Phi) is 5.65. The minimum absolute atomic E-state index is 1.28. The van der Waals surface area contributed by atoms with E-state index in [9.17, 15) is 0 Å². The van der Waals surface area contributed by atoms with Gasteiger partial charge in [-0.15, -0.1) is 0 Å². The van der Waals surface area contributed by atoms with Crippen LogP contribution in [0.15, 0.2) is 133 Å². The van der Waals surface area contributed by atoms with Crippen molar-refractivity contribution in [1.82, 2.24) is 0 Å². The first-order chi connectivity index (χ1) is 23.5. The lowest BCUT2D eigenvalue weighted by Crippen LogP contribution is -1.98. The second-order valence-corrected chi connectivity index (χ2v) is 13.9. The highest BCUT2D eigenvalue weighted by Gasteiger charge is 2.39. The van der Waals surface area contributed by atoms with Crippen LogP contribution in [0.4, 0.5) is 0 Å². The van der Waals surface area contributed by atoms with Gasteiger partial charge in [0.05, 0.1) is 0 Å². The second kappa shape index (κ2) is 9.89. The number of aryl methyl sites for hydroxylation is 4. The van der Waals surface area contributed by atoms with E-state index < -0.39 is 0 Å². The first-order valence-electron chi connectivity index (χ1n) is 17.0. The lowest BCUT2D eigenvalue weighted by Gasteiger charge is -2.19. The highest BCUT2D eigenvalue weighted by Crippen LogP contribution is 2.61. The lowest BCUT2D eigenvalue weighted by atomic mass is 9.84. The number of hydrogen-bond donors (Lipinski definition) is 0. The molecule has 0 bridgehead atoms. The molecular weight excluding hydrogens is 577 g/mol. The summed E-state index contributed by atoms with van der Waals surface area (Å²) in [6, 6.07) is 50.4. The molecule has 0 fully saturated rings. The predicted molar refractivity (Wildman–Crippen MR) is 207 cm³/mol. The first-order valence-corrected chi connectivity index (χ1v) is 17.0. The highest BCUT2D eigenvalue weighted by atomic mass is 14.4. The normalized spacial score (nSPS) is 13.7. The van der Waals surface area contributed by atoms with Gasteiger partial charge in [-0.25, -0.2) is 0 Å². The maximum atomic E-state index is 2.47. The minimum atomic E-state index is 1.28. The van der Waals surface area contributed by atoms with Crippen LogP contribution < -0.4 is 0 Å². The predicted octanol–water partition coefficient (Wildman–Crippen LogP) is 12.8. The zero-order chi connectivity index (χ0) is 32.3. The Morgan fingerprint density at radius 3 is 0.812 bits per heavy atom. The first kappa shape index (κ1) is 27.4. The van der Waals surface area contributed by atoms with Gasteiger partial charge < -0.3 is 0 Å². The lowest BCUT2D eigenvalue weighted by molar-refractivity contribution is 1.32. The van der Waals surface area contributed by atoms with Crippen molar-refractivity contribution >= 4 is 65.4 Å². The molecule has 0 nitrogen and oxygen atoms in total. The standard InChI is InChI=1S/C48H34/c1-27-21-39-41(23-29(27)3)47-46(44-37-19-11-7-15-33(37)26-34-16-8-12-20-38(34)44)40-22-28(2)30(4)24-42(40)48(47)45(39)43-35-17-9-5-13-31(35)25-32-14-6-10-18-36(32)43/h5-26H,1-4H3. The molecule has 10 rings (SSSR count). The van der Waals surface area contributed by atoms with Crippen LogP contribution in [-0.2, 0) is 0 Å². The largest absolute Gasteiger partial charge is 0.0616 e. The molecule has 0 N–H and O–H groups in total. The molecule has 0 saturated heterocycles. The number of hydrogen-bond acceptors (Lipinski definition) is 0. The molecule has 48 heavy (non-hydrogen) atoms. The smallest absolute Gasteiger partial charge is 0.000708 e. The quantitative estimate of drug-likeness (QED) is 0.171. The molecule has 226 valence electrons. The van der Waals surface area contributed by atoms with Gasteiger partial charge in [0.25, 0.3) is 0 Å². The van der Waals surface area contributed by atoms with Crippen LogP contribution in [0.3, 0.4) is 0 Å². The van der Waals surface area contributed by atoms with Crippen molar-refractivity contribution < 1.29 is 0 Å². The van der Waals surface area contributed by atoms with Gasteiger partial charge in [0.15, 0.2) is 0 Å². The van der Waals surface area contributed by atoms with Crippen molar-refractivity contribution in [2.45, 2.75) is 27.7 Å². The topological polar surface area (TPSA) is 0 Å². The Hall–Kier alpha value is -5.72. The van der Waals surface area contributed by atoms with Crippen molar-refractivity contribution in [1.29, 1.82) is 0 Å². The third-order valence-electron chi connectivity index (χ3n) is 11.1. The van der Waals surface area contributed by atoms with Crippen LogP contribution >= 0.6 is 0 Å². The van der Waals surface area contributed by atoms with Gasteiger partial charge in [-0.2, -0.15) is 0 Å². The van der Waals surface area contributed by atoms with Crippen molar-refractivity contribution in [3.8, 4) is 0 Å². The number of rotatable bonds is 2. The van der Waals surface area contributed by atoms with Gasteiger partial charge in [0, 0.05) is 0 Å². The van der Waals surface area contributed by atoms with E-state index in [2.05, 4.69) is 161 Å². The second-order valence-electron chi connectivity index (χ2n) is 13.9. The van der Waals surface area contributed by atoms with Crippen molar-refractivity contribution in [3.63, 3.8) is 0 Å². The zero-order valence-corrected chi connectivity index (χ0v) is 27.7. The minimum Gasteiger partial charge on any atom is -0.0616 e. The molecule has 8 aromatic rings. The van der Waals surface area contributed by atoms with Crippen LogP contribution in [-0.4, -0.2) is 0 Å². The van der Waals surface area contributed by atoms with Gasteiger partial charge in [0.1, 0.15) is 0 Å².